The van der Waals surface area contributed by atoms with Crippen LogP contribution in [0.15, 0.2) is 0 Å². The standard InChI is InChI=1S/C19H37N3/c1-17(2,3)11-20-9-7-16(8-10-20)21-12-19(13-21)14-22(15-19)18(4,5)6/h16H,7-15H2,1-6H3. The van der Waals surface area contributed by atoms with Gasteiger partial charge in [0, 0.05) is 49.7 Å². The maximum Gasteiger partial charge on any atom is 0.0212 e. The average molecular weight is 308 g/mol. The van der Waals surface area contributed by atoms with E-state index < -0.39 is 0 Å². The first-order valence-corrected chi connectivity index (χ1v) is 9.28. The van der Waals surface area contributed by atoms with Crippen molar-refractivity contribution in [3.63, 3.8) is 0 Å². The van der Waals surface area contributed by atoms with Gasteiger partial charge in [-0.3, -0.25) is 9.80 Å². The predicted octanol–water partition coefficient (Wildman–Crippen LogP) is 2.91. The molecule has 3 saturated heterocycles. The zero-order valence-electron chi connectivity index (χ0n) is 15.8. The van der Waals surface area contributed by atoms with E-state index in [-0.39, 0.29) is 0 Å². The Morgan fingerprint density at radius 2 is 1.41 bits per heavy atom. The van der Waals surface area contributed by atoms with Gasteiger partial charge >= 0.3 is 0 Å². The molecule has 0 unspecified atom stereocenters. The quantitative estimate of drug-likeness (QED) is 0.777. The van der Waals surface area contributed by atoms with Gasteiger partial charge in [-0.05, 0) is 52.1 Å². The Labute approximate surface area is 138 Å². The van der Waals surface area contributed by atoms with Gasteiger partial charge in [-0.25, -0.2) is 0 Å². The zero-order valence-corrected chi connectivity index (χ0v) is 15.8. The molecular weight excluding hydrogens is 270 g/mol. The van der Waals surface area contributed by atoms with Gasteiger partial charge in [0.1, 0.15) is 0 Å². The van der Waals surface area contributed by atoms with Gasteiger partial charge < -0.3 is 4.90 Å². The molecule has 0 amide bonds. The molecule has 1 spiro atoms. The first kappa shape index (κ1) is 16.7. The van der Waals surface area contributed by atoms with Crippen molar-refractivity contribution in [2.75, 3.05) is 45.8 Å². The maximum atomic E-state index is 2.79. The molecule has 0 radical (unpaired) electrons. The van der Waals surface area contributed by atoms with Gasteiger partial charge in [-0.15, -0.1) is 0 Å². The van der Waals surface area contributed by atoms with Crippen molar-refractivity contribution in [3.8, 4) is 0 Å². The lowest BCUT2D eigenvalue weighted by Crippen LogP contribution is -2.76. The lowest BCUT2D eigenvalue weighted by molar-refractivity contribution is -0.160. The normalized spacial score (nSPS) is 28.6. The molecular formula is C19H37N3. The van der Waals surface area contributed by atoms with Gasteiger partial charge in [0.15, 0.2) is 0 Å². The van der Waals surface area contributed by atoms with Crippen molar-refractivity contribution < 1.29 is 0 Å². The molecule has 0 aromatic carbocycles. The Morgan fingerprint density at radius 1 is 0.864 bits per heavy atom. The highest BCUT2D eigenvalue weighted by atomic mass is 15.4. The van der Waals surface area contributed by atoms with E-state index in [9.17, 15) is 0 Å². The Hall–Kier alpha value is -0.120. The van der Waals surface area contributed by atoms with Gasteiger partial charge in [-0.1, -0.05) is 20.8 Å². The summed E-state index contributed by atoms with van der Waals surface area (Å²) in [5.41, 5.74) is 1.47. The van der Waals surface area contributed by atoms with Crippen molar-refractivity contribution in [1.29, 1.82) is 0 Å². The van der Waals surface area contributed by atoms with Gasteiger partial charge in [0.05, 0.1) is 0 Å². The smallest absolute Gasteiger partial charge is 0.0212 e. The van der Waals surface area contributed by atoms with Crippen molar-refractivity contribution in [3.05, 3.63) is 0 Å². The van der Waals surface area contributed by atoms with Crippen LogP contribution in [0.1, 0.15) is 54.4 Å². The highest BCUT2D eigenvalue weighted by Crippen LogP contribution is 2.44. The summed E-state index contributed by atoms with van der Waals surface area (Å²) in [4.78, 5) is 8.11. The predicted molar refractivity (Wildman–Crippen MR) is 94.2 cm³/mol. The van der Waals surface area contributed by atoms with Crippen molar-refractivity contribution >= 4 is 0 Å². The second kappa shape index (κ2) is 5.46. The average Bonchev–Trinajstić information content (AvgIpc) is 2.23. The lowest BCUT2D eigenvalue weighted by atomic mass is 9.70. The minimum atomic E-state index is 0.365. The van der Waals surface area contributed by atoms with Crippen LogP contribution in [0.4, 0.5) is 0 Å². The molecule has 3 fully saturated rings. The first-order chi connectivity index (χ1) is 10.1. The molecule has 3 rings (SSSR count). The van der Waals surface area contributed by atoms with E-state index in [1.54, 1.807) is 0 Å². The number of hydrogen-bond donors (Lipinski definition) is 0. The molecule has 3 heteroatoms. The molecule has 0 N–H and O–H groups in total. The fourth-order valence-electron chi connectivity index (χ4n) is 4.62. The van der Waals surface area contributed by atoms with Gasteiger partial charge in [-0.2, -0.15) is 0 Å². The number of hydrogen-bond acceptors (Lipinski definition) is 3. The monoisotopic (exact) mass is 307 g/mol. The van der Waals surface area contributed by atoms with Crippen LogP contribution in [0, 0.1) is 10.8 Å². The maximum absolute atomic E-state index is 2.79. The largest absolute Gasteiger partial charge is 0.303 e. The molecule has 0 aliphatic carbocycles. The van der Waals surface area contributed by atoms with Crippen molar-refractivity contribution in [2.24, 2.45) is 10.8 Å². The van der Waals surface area contributed by atoms with Gasteiger partial charge in [0.2, 0.25) is 0 Å². The molecule has 3 heterocycles. The van der Waals surface area contributed by atoms with Crippen molar-refractivity contribution in [1.82, 2.24) is 14.7 Å². The molecule has 0 aromatic heterocycles. The number of piperidine rings is 1. The summed E-state index contributed by atoms with van der Waals surface area (Å²) in [6.07, 6.45) is 2.77. The van der Waals surface area contributed by atoms with Crippen LogP contribution in [-0.4, -0.2) is 72.1 Å². The van der Waals surface area contributed by atoms with E-state index in [0.717, 1.165) is 6.04 Å². The van der Waals surface area contributed by atoms with Crippen LogP contribution in [-0.2, 0) is 0 Å². The Kier molecular flexibility index (Phi) is 4.15. The molecule has 0 atom stereocenters. The minimum absolute atomic E-state index is 0.365. The van der Waals surface area contributed by atoms with E-state index in [4.69, 9.17) is 0 Å². The summed E-state index contributed by atoms with van der Waals surface area (Å²) in [6, 6.07) is 0.866. The fourth-order valence-corrected chi connectivity index (χ4v) is 4.62. The molecule has 0 saturated carbocycles. The third-order valence-electron chi connectivity index (χ3n) is 5.85. The van der Waals surface area contributed by atoms with Gasteiger partial charge in [0.25, 0.3) is 0 Å². The second-order valence-corrected chi connectivity index (χ2v) is 10.5. The number of rotatable bonds is 2. The Bertz CT molecular complexity index is 382. The van der Waals surface area contributed by atoms with E-state index in [1.165, 1.54) is 58.7 Å². The van der Waals surface area contributed by atoms with E-state index in [2.05, 4.69) is 56.2 Å². The highest BCUT2D eigenvalue weighted by Gasteiger charge is 2.55. The molecule has 3 aliphatic heterocycles. The molecule has 0 bridgehead atoms. The summed E-state index contributed by atoms with van der Waals surface area (Å²) in [6.45, 7) is 23.4. The zero-order chi connectivity index (χ0) is 16.2. The van der Waals surface area contributed by atoms with Crippen LogP contribution in [0.2, 0.25) is 0 Å². The Balaban J connectivity index is 1.39. The number of likely N-dealkylation sites (tertiary alicyclic amines) is 3. The van der Waals surface area contributed by atoms with E-state index in [1.807, 2.05) is 0 Å². The van der Waals surface area contributed by atoms with Crippen LogP contribution in [0.3, 0.4) is 0 Å². The highest BCUT2D eigenvalue weighted by molar-refractivity contribution is 5.09. The molecule has 3 nitrogen and oxygen atoms in total. The summed E-state index contributed by atoms with van der Waals surface area (Å²) in [5.74, 6) is 0. The van der Waals surface area contributed by atoms with Crippen LogP contribution < -0.4 is 0 Å². The van der Waals surface area contributed by atoms with E-state index >= 15 is 0 Å². The molecule has 22 heavy (non-hydrogen) atoms. The fraction of sp³-hybridized carbons (Fsp3) is 1.00. The third kappa shape index (κ3) is 3.52. The molecule has 0 aromatic rings. The summed E-state index contributed by atoms with van der Waals surface area (Å²) in [7, 11) is 0. The molecule has 128 valence electrons. The van der Waals surface area contributed by atoms with Crippen LogP contribution in [0.5, 0.6) is 0 Å². The number of nitrogens with zero attached hydrogens (tertiary/aromatic N) is 3. The lowest BCUT2D eigenvalue weighted by Gasteiger charge is -2.65. The van der Waals surface area contributed by atoms with Crippen LogP contribution >= 0.6 is 0 Å². The topological polar surface area (TPSA) is 9.72 Å². The Morgan fingerprint density at radius 3 is 1.86 bits per heavy atom. The van der Waals surface area contributed by atoms with Crippen LogP contribution in [0.25, 0.3) is 0 Å². The molecule has 3 aliphatic rings. The minimum Gasteiger partial charge on any atom is -0.303 e. The van der Waals surface area contributed by atoms with E-state index in [0.29, 0.717) is 16.4 Å². The third-order valence-corrected chi connectivity index (χ3v) is 5.85. The summed E-state index contributed by atoms with van der Waals surface area (Å²) in [5, 5.41) is 0. The SMILES string of the molecule is CC(C)(C)CN1CCC(N2CC3(C2)CN(C(C)(C)C)C3)CC1. The first-order valence-electron chi connectivity index (χ1n) is 9.28. The summed E-state index contributed by atoms with van der Waals surface area (Å²) < 4.78 is 0. The van der Waals surface area contributed by atoms with Crippen molar-refractivity contribution in [2.45, 2.75) is 66.0 Å². The second-order valence-electron chi connectivity index (χ2n) is 10.5. The summed E-state index contributed by atoms with van der Waals surface area (Å²) >= 11 is 0.